The summed E-state index contributed by atoms with van der Waals surface area (Å²) < 4.78 is 2.45. The maximum absolute atomic E-state index is 11.9. The maximum Gasteiger partial charge on any atom is 0.252 e. The van der Waals surface area contributed by atoms with Crippen LogP contribution in [0.4, 0.5) is 0 Å². The number of nitrogens with one attached hydrogen (secondary N) is 1. The molecule has 0 spiro atoms. The van der Waals surface area contributed by atoms with E-state index in [1.807, 2.05) is 0 Å². The van der Waals surface area contributed by atoms with E-state index < -0.39 is 0 Å². The van der Waals surface area contributed by atoms with E-state index in [1.165, 1.54) is 0 Å². The summed E-state index contributed by atoms with van der Waals surface area (Å²) in [4.78, 5) is 11.9. The molecule has 0 fully saturated rings. The molecule has 19 heavy (non-hydrogen) atoms. The van der Waals surface area contributed by atoms with Crippen LogP contribution in [0.3, 0.4) is 0 Å². The summed E-state index contributed by atoms with van der Waals surface area (Å²) in [5, 5.41) is 10.9. The van der Waals surface area contributed by atoms with E-state index in [9.17, 15) is 4.79 Å². The molecule has 1 aromatic heterocycles. The van der Waals surface area contributed by atoms with Crippen molar-refractivity contribution in [1.29, 1.82) is 0 Å². The second kappa shape index (κ2) is 6.68. The first-order valence-corrected chi connectivity index (χ1v) is 6.91. The van der Waals surface area contributed by atoms with Crippen molar-refractivity contribution in [2.75, 3.05) is 6.54 Å². The number of aryl methyl sites for hydroxylation is 1. The van der Waals surface area contributed by atoms with Crippen LogP contribution in [0.2, 0.25) is 5.02 Å². The van der Waals surface area contributed by atoms with Gasteiger partial charge in [-0.15, -0.1) is 5.10 Å². The van der Waals surface area contributed by atoms with E-state index in [2.05, 4.69) is 31.6 Å². The summed E-state index contributed by atoms with van der Waals surface area (Å²) in [6, 6.07) is 5.12. The number of aromatic nitrogens is 3. The lowest BCUT2D eigenvalue weighted by Gasteiger charge is -2.07. The van der Waals surface area contributed by atoms with Gasteiger partial charge in [0, 0.05) is 28.8 Å². The highest BCUT2D eigenvalue weighted by atomic mass is 79.9. The van der Waals surface area contributed by atoms with Gasteiger partial charge in [-0.2, -0.15) is 0 Å². The minimum Gasteiger partial charge on any atom is -0.352 e. The summed E-state index contributed by atoms with van der Waals surface area (Å²) in [5.41, 5.74) is 0.535. The second-order valence-electron chi connectivity index (χ2n) is 3.90. The molecule has 0 saturated carbocycles. The van der Waals surface area contributed by atoms with Gasteiger partial charge in [0.2, 0.25) is 0 Å². The van der Waals surface area contributed by atoms with Gasteiger partial charge in [-0.05, 0) is 40.5 Å². The largest absolute Gasteiger partial charge is 0.352 e. The summed E-state index contributed by atoms with van der Waals surface area (Å²) >= 11 is 9.20. The molecule has 0 saturated heterocycles. The van der Waals surface area contributed by atoms with E-state index in [0.29, 0.717) is 17.1 Å². The Kier molecular flexibility index (Phi) is 4.93. The molecule has 0 aliphatic rings. The van der Waals surface area contributed by atoms with Crippen molar-refractivity contribution in [3.63, 3.8) is 0 Å². The highest BCUT2D eigenvalue weighted by Crippen LogP contribution is 2.20. The Morgan fingerprint density at radius 2 is 2.32 bits per heavy atom. The molecule has 0 atom stereocenters. The first-order chi connectivity index (χ1) is 9.16. The number of carbonyl (C=O) groups is 1. The van der Waals surface area contributed by atoms with E-state index in [1.54, 1.807) is 35.3 Å². The third-order valence-corrected chi connectivity index (χ3v) is 3.42. The van der Waals surface area contributed by atoms with Crippen molar-refractivity contribution in [3.8, 4) is 0 Å². The van der Waals surface area contributed by atoms with E-state index in [4.69, 9.17) is 11.6 Å². The molecule has 5 nitrogen and oxygen atoms in total. The van der Waals surface area contributed by atoms with Crippen molar-refractivity contribution >= 4 is 33.4 Å². The minimum atomic E-state index is -0.145. The van der Waals surface area contributed by atoms with Gasteiger partial charge in [-0.3, -0.25) is 9.48 Å². The van der Waals surface area contributed by atoms with Crippen LogP contribution in [-0.4, -0.2) is 27.4 Å². The van der Waals surface area contributed by atoms with Crippen LogP contribution in [0.15, 0.2) is 35.1 Å². The molecule has 1 N–H and O–H groups in total. The number of benzene rings is 1. The minimum absolute atomic E-state index is 0.145. The molecule has 2 rings (SSSR count). The molecule has 1 aromatic carbocycles. The summed E-state index contributed by atoms with van der Waals surface area (Å²) in [6.45, 7) is 1.29. The summed E-state index contributed by atoms with van der Waals surface area (Å²) in [5.74, 6) is -0.145. The molecule has 0 unspecified atom stereocenters. The number of nitrogens with zero attached hydrogens (tertiary/aromatic N) is 3. The van der Waals surface area contributed by atoms with Gasteiger partial charge < -0.3 is 5.32 Å². The van der Waals surface area contributed by atoms with Crippen molar-refractivity contribution in [2.45, 2.75) is 13.0 Å². The predicted octanol–water partition coefficient (Wildman–Crippen LogP) is 2.51. The zero-order valence-electron chi connectivity index (χ0n) is 10.0. The number of halogens is 2. The highest BCUT2D eigenvalue weighted by Gasteiger charge is 2.09. The van der Waals surface area contributed by atoms with Crippen molar-refractivity contribution in [3.05, 3.63) is 45.7 Å². The third kappa shape index (κ3) is 4.04. The van der Waals surface area contributed by atoms with Crippen molar-refractivity contribution in [1.82, 2.24) is 20.3 Å². The van der Waals surface area contributed by atoms with E-state index in [0.717, 1.165) is 17.4 Å². The molecule has 7 heteroatoms. The Hall–Kier alpha value is -1.40. The second-order valence-corrected chi connectivity index (χ2v) is 5.19. The Morgan fingerprint density at radius 1 is 1.47 bits per heavy atom. The standard InChI is InChI=1S/C12H12BrClN4O/c13-11-3-2-9(14)8-10(11)12(19)15-4-1-6-18-7-5-16-17-18/h2-3,5,7-8H,1,4,6H2,(H,15,19). The average molecular weight is 344 g/mol. The number of carbonyl (C=O) groups excluding carboxylic acids is 1. The van der Waals surface area contributed by atoms with Crippen LogP contribution in [-0.2, 0) is 6.54 Å². The fourth-order valence-electron chi connectivity index (χ4n) is 1.56. The Labute approximate surface area is 124 Å². The lowest BCUT2D eigenvalue weighted by Crippen LogP contribution is -2.25. The first kappa shape index (κ1) is 14.0. The van der Waals surface area contributed by atoms with Crippen LogP contribution < -0.4 is 5.32 Å². The molecule has 1 amide bonds. The zero-order valence-corrected chi connectivity index (χ0v) is 12.4. The normalized spacial score (nSPS) is 10.4. The zero-order chi connectivity index (χ0) is 13.7. The van der Waals surface area contributed by atoms with Crippen LogP contribution in [0.1, 0.15) is 16.8 Å². The van der Waals surface area contributed by atoms with Crippen LogP contribution >= 0.6 is 27.5 Å². The van der Waals surface area contributed by atoms with Crippen LogP contribution in [0.5, 0.6) is 0 Å². The van der Waals surface area contributed by atoms with Gasteiger partial charge in [0.15, 0.2) is 0 Å². The Bertz CT molecular complexity index is 559. The fraction of sp³-hybridized carbons (Fsp3) is 0.250. The molecular formula is C12H12BrClN4O. The van der Waals surface area contributed by atoms with Crippen molar-refractivity contribution < 1.29 is 4.79 Å². The van der Waals surface area contributed by atoms with Crippen LogP contribution in [0, 0.1) is 0 Å². The number of rotatable bonds is 5. The number of amides is 1. The smallest absolute Gasteiger partial charge is 0.252 e. The van der Waals surface area contributed by atoms with Crippen molar-refractivity contribution in [2.24, 2.45) is 0 Å². The van der Waals surface area contributed by atoms with Gasteiger partial charge >= 0.3 is 0 Å². The molecule has 2 aromatic rings. The fourth-order valence-corrected chi connectivity index (χ4v) is 2.16. The average Bonchev–Trinajstić information content (AvgIpc) is 2.90. The first-order valence-electron chi connectivity index (χ1n) is 5.74. The quantitative estimate of drug-likeness (QED) is 0.849. The molecule has 0 aliphatic heterocycles. The third-order valence-electron chi connectivity index (χ3n) is 2.49. The molecule has 0 aliphatic carbocycles. The van der Waals surface area contributed by atoms with Crippen LogP contribution in [0.25, 0.3) is 0 Å². The monoisotopic (exact) mass is 342 g/mol. The van der Waals surface area contributed by atoms with E-state index in [-0.39, 0.29) is 5.91 Å². The SMILES string of the molecule is O=C(NCCCn1ccnn1)c1cc(Cl)ccc1Br. The van der Waals surface area contributed by atoms with Gasteiger partial charge in [-0.25, -0.2) is 0 Å². The van der Waals surface area contributed by atoms with Gasteiger partial charge in [-0.1, -0.05) is 16.8 Å². The maximum atomic E-state index is 11.9. The number of hydrogen-bond acceptors (Lipinski definition) is 3. The molecule has 0 bridgehead atoms. The number of hydrogen-bond donors (Lipinski definition) is 1. The topological polar surface area (TPSA) is 59.8 Å². The van der Waals surface area contributed by atoms with Gasteiger partial charge in [0.25, 0.3) is 5.91 Å². The predicted molar refractivity (Wildman–Crippen MR) is 76.1 cm³/mol. The summed E-state index contributed by atoms with van der Waals surface area (Å²) in [6.07, 6.45) is 4.20. The Morgan fingerprint density at radius 3 is 3.05 bits per heavy atom. The molecule has 1 heterocycles. The Balaban J connectivity index is 1.82. The molecular weight excluding hydrogens is 332 g/mol. The van der Waals surface area contributed by atoms with Gasteiger partial charge in [0.1, 0.15) is 0 Å². The van der Waals surface area contributed by atoms with Gasteiger partial charge in [0.05, 0.1) is 11.8 Å². The highest BCUT2D eigenvalue weighted by molar-refractivity contribution is 9.10. The van der Waals surface area contributed by atoms with E-state index >= 15 is 0 Å². The molecule has 100 valence electrons. The summed E-state index contributed by atoms with van der Waals surface area (Å²) in [7, 11) is 0. The molecule has 0 radical (unpaired) electrons. The lowest BCUT2D eigenvalue weighted by molar-refractivity contribution is 0.0952. The lowest BCUT2D eigenvalue weighted by atomic mass is 10.2.